The zero-order chi connectivity index (χ0) is 15.2. The van der Waals surface area contributed by atoms with Crippen molar-refractivity contribution in [2.24, 2.45) is 5.73 Å². The highest BCUT2D eigenvalue weighted by atomic mass is 32.1. The monoisotopic (exact) mass is 300 g/mol. The first-order chi connectivity index (χ1) is 10.1. The first-order valence-electron chi connectivity index (χ1n) is 7.04. The van der Waals surface area contributed by atoms with Crippen LogP contribution < -0.4 is 5.73 Å². The van der Waals surface area contributed by atoms with Gasteiger partial charge in [-0.25, -0.2) is 0 Å². The molecule has 0 bridgehead atoms. The summed E-state index contributed by atoms with van der Waals surface area (Å²) >= 11 is 4.93. The summed E-state index contributed by atoms with van der Waals surface area (Å²) in [6.07, 6.45) is 0. The SMILES string of the molecule is C/C(=C(\C#N)C(N)=S)N1CCN(Cc2ccccc2)CC1. The van der Waals surface area contributed by atoms with E-state index in [2.05, 4.69) is 40.1 Å². The fraction of sp³-hybridized carbons (Fsp3) is 0.375. The fourth-order valence-electron chi connectivity index (χ4n) is 2.56. The number of piperazine rings is 1. The molecular weight excluding hydrogens is 280 g/mol. The zero-order valence-corrected chi connectivity index (χ0v) is 13.1. The minimum Gasteiger partial charge on any atom is -0.389 e. The molecule has 2 rings (SSSR count). The van der Waals surface area contributed by atoms with Gasteiger partial charge in [-0.05, 0) is 12.5 Å². The van der Waals surface area contributed by atoms with Gasteiger partial charge in [0.2, 0.25) is 0 Å². The van der Waals surface area contributed by atoms with Gasteiger partial charge in [-0.3, -0.25) is 4.90 Å². The lowest BCUT2D eigenvalue weighted by Crippen LogP contribution is -2.45. The molecule has 0 atom stereocenters. The van der Waals surface area contributed by atoms with Crippen LogP contribution in [-0.2, 0) is 6.54 Å². The number of thiocarbonyl (C=S) groups is 1. The van der Waals surface area contributed by atoms with Crippen LogP contribution in [0.25, 0.3) is 0 Å². The van der Waals surface area contributed by atoms with Gasteiger partial charge in [-0.1, -0.05) is 42.5 Å². The Balaban J connectivity index is 1.95. The van der Waals surface area contributed by atoms with Gasteiger partial charge in [-0.15, -0.1) is 0 Å². The number of nitrogens with zero attached hydrogens (tertiary/aromatic N) is 3. The summed E-state index contributed by atoms with van der Waals surface area (Å²) in [6, 6.07) is 12.6. The molecule has 1 fully saturated rings. The van der Waals surface area contributed by atoms with Crippen molar-refractivity contribution in [2.75, 3.05) is 26.2 Å². The van der Waals surface area contributed by atoms with Gasteiger partial charge in [0.25, 0.3) is 0 Å². The van der Waals surface area contributed by atoms with Crippen LogP contribution in [0.15, 0.2) is 41.6 Å². The Morgan fingerprint density at radius 3 is 2.38 bits per heavy atom. The Morgan fingerprint density at radius 1 is 1.24 bits per heavy atom. The third-order valence-electron chi connectivity index (χ3n) is 3.82. The standard InChI is InChI=1S/C16H20N4S/c1-13(15(11-17)16(18)21)20-9-7-19(8-10-20)12-14-5-3-2-4-6-14/h2-6H,7-10,12H2,1H3,(H2,18,21)/b15-13-. The molecule has 0 radical (unpaired) electrons. The second-order valence-corrected chi connectivity index (χ2v) is 5.63. The van der Waals surface area contributed by atoms with Crippen molar-refractivity contribution in [3.8, 4) is 6.07 Å². The summed E-state index contributed by atoms with van der Waals surface area (Å²) in [7, 11) is 0. The zero-order valence-electron chi connectivity index (χ0n) is 12.2. The van der Waals surface area contributed by atoms with Crippen LogP contribution in [0.2, 0.25) is 0 Å². The molecule has 1 saturated heterocycles. The lowest BCUT2D eigenvalue weighted by atomic mass is 10.1. The molecular formula is C16H20N4S. The molecule has 0 spiro atoms. The van der Waals surface area contributed by atoms with E-state index in [1.807, 2.05) is 13.0 Å². The minimum absolute atomic E-state index is 0.182. The van der Waals surface area contributed by atoms with Gasteiger partial charge in [0.15, 0.2) is 0 Å². The van der Waals surface area contributed by atoms with Crippen LogP contribution in [0.1, 0.15) is 12.5 Å². The second kappa shape index (κ2) is 7.21. The highest BCUT2D eigenvalue weighted by Crippen LogP contribution is 2.15. The molecule has 4 nitrogen and oxygen atoms in total. The fourth-order valence-corrected chi connectivity index (χ4v) is 2.75. The summed E-state index contributed by atoms with van der Waals surface area (Å²) in [6.45, 7) is 6.63. The van der Waals surface area contributed by atoms with Gasteiger partial charge < -0.3 is 10.6 Å². The van der Waals surface area contributed by atoms with Gasteiger partial charge in [0.1, 0.15) is 16.6 Å². The normalized spacial score (nSPS) is 17.0. The average Bonchev–Trinajstić information content (AvgIpc) is 2.49. The Morgan fingerprint density at radius 2 is 1.86 bits per heavy atom. The molecule has 0 unspecified atom stereocenters. The number of nitrogens with two attached hydrogens (primary N) is 1. The predicted octanol–water partition coefficient (Wildman–Crippen LogP) is 1.89. The number of allylic oxidation sites excluding steroid dienone is 1. The van der Waals surface area contributed by atoms with Crippen LogP contribution in [0.3, 0.4) is 0 Å². The van der Waals surface area contributed by atoms with Crippen LogP contribution >= 0.6 is 12.2 Å². The lowest BCUT2D eigenvalue weighted by molar-refractivity contribution is 0.152. The van der Waals surface area contributed by atoms with E-state index in [4.69, 9.17) is 23.2 Å². The van der Waals surface area contributed by atoms with Crippen LogP contribution in [0, 0.1) is 11.3 Å². The molecule has 1 aromatic carbocycles. The van der Waals surface area contributed by atoms with Crippen LogP contribution in [0.5, 0.6) is 0 Å². The molecule has 0 amide bonds. The van der Waals surface area contributed by atoms with Gasteiger partial charge in [-0.2, -0.15) is 5.26 Å². The number of rotatable bonds is 4. The van der Waals surface area contributed by atoms with Gasteiger partial charge in [0, 0.05) is 38.4 Å². The highest BCUT2D eigenvalue weighted by Gasteiger charge is 2.19. The highest BCUT2D eigenvalue weighted by molar-refractivity contribution is 7.80. The van der Waals surface area contributed by atoms with Gasteiger partial charge in [0.05, 0.1) is 0 Å². The smallest absolute Gasteiger partial charge is 0.116 e. The molecule has 1 aromatic rings. The maximum absolute atomic E-state index is 9.13. The van der Waals surface area contributed by atoms with Crippen molar-refractivity contribution in [1.29, 1.82) is 5.26 Å². The van der Waals surface area contributed by atoms with E-state index < -0.39 is 0 Å². The van der Waals surface area contributed by atoms with Crippen molar-refractivity contribution in [1.82, 2.24) is 9.80 Å². The molecule has 1 aliphatic heterocycles. The molecule has 1 aliphatic rings. The molecule has 21 heavy (non-hydrogen) atoms. The number of hydrogen-bond donors (Lipinski definition) is 1. The Labute approximate surface area is 131 Å². The van der Waals surface area contributed by atoms with E-state index in [0.29, 0.717) is 5.57 Å². The maximum Gasteiger partial charge on any atom is 0.116 e. The quantitative estimate of drug-likeness (QED) is 0.523. The first kappa shape index (κ1) is 15.5. The predicted molar refractivity (Wildman–Crippen MR) is 88.4 cm³/mol. The van der Waals surface area contributed by atoms with Crippen LogP contribution in [0.4, 0.5) is 0 Å². The van der Waals surface area contributed by atoms with E-state index in [9.17, 15) is 0 Å². The third-order valence-corrected chi connectivity index (χ3v) is 4.02. The summed E-state index contributed by atoms with van der Waals surface area (Å²) in [5, 5.41) is 9.13. The largest absolute Gasteiger partial charge is 0.389 e. The number of nitriles is 1. The Kier molecular flexibility index (Phi) is 5.32. The molecule has 1 heterocycles. The van der Waals surface area contributed by atoms with Crippen molar-refractivity contribution >= 4 is 17.2 Å². The van der Waals surface area contributed by atoms with E-state index in [1.165, 1.54) is 5.56 Å². The Bertz CT molecular complexity index is 566. The average molecular weight is 300 g/mol. The summed E-state index contributed by atoms with van der Waals surface area (Å²) < 4.78 is 0. The first-order valence-corrected chi connectivity index (χ1v) is 7.44. The van der Waals surface area contributed by atoms with Crippen molar-refractivity contribution in [2.45, 2.75) is 13.5 Å². The topological polar surface area (TPSA) is 56.3 Å². The molecule has 0 aromatic heterocycles. The van der Waals surface area contributed by atoms with E-state index in [-0.39, 0.29) is 4.99 Å². The molecule has 5 heteroatoms. The maximum atomic E-state index is 9.13. The molecule has 0 aliphatic carbocycles. The summed E-state index contributed by atoms with van der Waals surface area (Å²) in [4.78, 5) is 4.80. The van der Waals surface area contributed by atoms with Gasteiger partial charge >= 0.3 is 0 Å². The lowest BCUT2D eigenvalue weighted by Gasteiger charge is -2.36. The number of hydrogen-bond acceptors (Lipinski definition) is 4. The van der Waals surface area contributed by atoms with E-state index >= 15 is 0 Å². The third kappa shape index (κ3) is 4.03. The van der Waals surface area contributed by atoms with E-state index in [0.717, 1.165) is 38.4 Å². The summed E-state index contributed by atoms with van der Waals surface area (Å²) in [5.74, 6) is 0. The minimum atomic E-state index is 0.182. The molecule has 0 saturated carbocycles. The second-order valence-electron chi connectivity index (χ2n) is 5.19. The van der Waals surface area contributed by atoms with Crippen molar-refractivity contribution < 1.29 is 0 Å². The van der Waals surface area contributed by atoms with Crippen LogP contribution in [-0.4, -0.2) is 41.0 Å². The van der Waals surface area contributed by atoms with Crippen molar-refractivity contribution in [3.63, 3.8) is 0 Å². The number of benzene rings is 1. The summed E-state index contributed by atoms with van der Waals surface area (Å²) in [5.41, 5.74) is 8.26. The van der Waals surface area contributed by atoms with E-state index in [1.54, 1.807) is 0 Å². The van der Waals surface area contributed by atoms with Crippen molar-refractivity contribution in [3.05, 3.63) is 47.2 Å². The Hall–Kier alpha value is -1.90. The molecule has 110 valence electrons. The molecule has 2 N–H and O–H groups in total.